The molecule has 0 spiro atoms. The third-order valence-corrected chi connectivity index (χ3v) is 1.94. The van der Waals surface area contributed by atoms with Gasteiger partial charge < -0.3 is 20.1 Å². The number of nitrogens with one attached hydrogen (secondary N) is 2. The predicted molar refractivity (Wildman–Crippen MR) is 77.7 cm³/mol. The molecule has 0 saturated heterocycles. The average Bonchev–Trinajstić information content (AvgIpc) is 2.18. The molecule has 0 bridgehead atoms. The van der Waals surface area contributed by atoms with Crippen molar-refractivity contribution in [3.63, 3.8) is 0 Å². The summed E-state index contributed by atoms with van der Waals surface area (Å²) in [5.41, 5.74) is -1.38. The Hall–Kier alpha value is -1.79. The van der Waals surface area contributed by atoms with Crippen LogP contribution in [0.2, 0.25) is 0 Å². The van der Waals surface area contributed by atoms with Crippen molar-refractivity contribution in [3.8, 4) is 0 Å². The molecular weight excluding hydrogens is 276 g/mol. The van der Waals surface area contributed by atoms with Crippen LogP contribution in [0, 0.1) is 0 Å². The Morgan fingerprint density at radius 3 is 1.81 bits per heavy atom. The van der Waals surface area contributed by atoms with Crippen molar-refractivity contribution < 1.29 is 23.9 Å². The molecule has 2 N–H and O–H groups in total. The molecule has 0 aromatic rings. The van der Waals surface area contributed by atoms with Gasteiger partial charge in [-0.15, -0.1) is 0 Å². The maximum absolute atomic E-state index is 12.0. The number of ether oxygens (including phenoxy) is 2. The van der Waals surface area contributed by atoms with Crippen molar-refractivity contribution in [2.75, 3.05) is 6.54 Å². The highest BCUT2D eigenvalue weighted by atomic mass is 16.6. The molecule has 0 aromatic carbocycles. The summed E-state index contributed by atoms with van der Waals surface area (Å²) < 4.78 is 10.3. The van der Waals surface area contributed by atoms with E-state index >= 15 is 0 Å². The van der Waals surface area contributed by atoms with Crippen molar-refractivity contribution in [1.29, 1.82) is 0 Å². The second-order valence-corrected chi connectivity index (χ2v) is 6.67. The predicted octanol–water partition coefficient (Wildman–Crippen LogP) is 1.36. The van der Waals surface area contributed by atoms with Gasteiger partial charge in [-0.25, -0.2) is 9.59 Å². The van der Waals surface area contributed by atoms with Gasteiger partial charge in [-0.3, -0.25) is 4.79 Å². The molecule has 122 valence electrons. The van der Waals surface area contributed by atoms with E-state index in [1.165, 1.54) is 6.92 Å². The minimum atomic E-state index is -1.01. The van der Waals surface area contributed by atoms with Crippen molar-refractivity contribution in [2.24, 2.45) is 0 Å². The molecule has 0 heterocycles. The first-order valence-electron chi connectivity index (χ1n) is 6.77. The van der Waals surface area contributed by atoms with Gasteiger partial charge in [-0.1, -0.05) is 0 Å². The van der Waals surface area contributed by atoms with Gasteiger partial charge in [0.2, 0.25) is 5.91 Å². The Morgan fingerprint density at radius 2 is 1.43 bits per heavy atom. The van der Waals surface area contributed by atoms with Crippen LogP contribution >= 0.6 is 0 Å². The van der Waals surface area contributed by atoms with Crippen LogP contribution in [0.5, 0.6) is 0 Å². The van der Waals surface area contributed by atoms with Gasteiger partial charge in [0.1, 0.15) is 17.2 Å². The van der Waals surface area contributed by atoms with Crippen molar-refractivity contribution >= 4 is 18.0 Å². The molecule has 0 saturated carbocycles. The smallest absolute Gasteiger partial charge is 0.408 e. The molecule has 1 unspecified atom stereocenters. The van der Waals surface area contributed by atoms with Crippen molar-refractivity contribution in [1.82, 2.24) is 10.6 Å². The standard InChI is InChI=1S/C14H26N2O5/c1-9(17)15-8-10(11(18)20-13(2,3)4)16-12(19)21-14(5,6)7/h10H,8H2,1-7H3,(H,15,17)(H,16,19). The highest BCUT2D eigenvalue weighted by Gasteiger charge is 2.28. The number of hydrogen-bond donors (Lipinski definition) is 2. The molecule has 21 heavy (non-hydrogen) atoms. The summed E-state index contributed by atoms with van der Waals surface area (Å²) in [7, 11) is 0. The summed E-state index contributed by atoms with van der Waals surface area (Å²) in [5, 5.41) is 4.87. The summed E-state index contributed by atoms with van der Waals surface area (Å²) in [6, 6.07) is -1.01. The number of rotatable bonds is 4. The monoisotopic (exact) mass is 302 g/mol. The van der Waals surface area contributed by atoms with E-state index < -0.39 is 29.3 Å². The molecule has 0 aliphatic heterocycles. The van der Waals surface area contributed by atoms with E-state index in [1.54, 1.807) is 41.5 Å². The number of alkyl carbamates (subject to hydrolysis) is 1. The fourth-order valence-corrected chi connectivity index (χ4v) is 1.26. The topological polar surface area (TPSA) is 93.7 Å². The zero-order valence-corrected chi connectivity index (χ0v) is 13.8. The van der Waals surface area contributed by atoms with E-state index in [-0.39, 0.29) is 12.5 Å². The molecule has 0 aliphatic carbocycles. The van der Waals surface area contributed by atoms with Crippen LogP contribution in [-0.4, -0.2) is 41.8 Å². The van der Waals surface area contributed by atoms with Crippen LogP contribution in [0.4, 0.5) is 4.79 Å². The van der Waals surface area contributed by atoms with Gasteiger partial charge in [0, 0.05) is 13.5 Å². The summed E-state index contributed by atoms with van der Waals surface area (Å²) >= 11 is 0. The van der Waals surface area contributed by atoms with Crippen molar-refractivity contribution in [3.05, 3.63) is 0 Å². The van der Waals surface area contributed by atoms with Gasteiger partial charge in [0.15, 0.2) is 0 Å². The largest absolute Gasteiger partial charge is 0.458 e. The van der Waals surface area contributed by atoms with Crippen LogP contribution < -0.4 is 10.6 Å². The first-order chi connectivity index (χ1) is 9.30. The lowest BCUT2D eigenvalue weighted by Gasteiger charge is -2.26. The summed E-state index contributed by atoms with van der Waals surface area (Å²) in [6.07, 6.45) is -0.747. The molecule has 1 atom stereocenters. The van der Waals surface area contributed by atoms with E-state index in [1.807, 2.05) is 0 Å². The van der Waals surface area contributed by atoms with Gasteiger partial charge in [-0.05, 0) is 41.5 Å². The number of hydrogen-bond acceptors (Lipinski definition) is 5. The van der Waals surface area contributed by atoms with Crippen LogP contribution in [-0.2, 0) is 19.1 Å². The number of carbonyl (C=O) groups excluding carboxylic acids is 3. The Morgan fingerprint density at radius 1 is 0.952 bits per heavy atom. The molecular formula is C14H26N2O5. The quantitative estimate of drug-likeness (QED) is 0.765. The second-order valence-electron chi connectivity index (χ2n) is 6.67. The average molecular weight is 302 g/mol. The highest BCUT2D eigenvalue weighted by Crippen LogP contribution is 2.10. The maximum atomic E-state index is 12.0. The third kappa shape index (κ3) is 10.6. The number of amides is 2. The molecule has 0 radical (unpaired) electrons. The summed E-state index contributed by atoms with van der Waals surface area (Å²) in [6.45, 7) is 11.5. The van der Waals surface area contributed by atoms with E-state index in [0.29, 0.717) is 0 Å². The molecule has 7 nitrogen and oxygen atoms in total. The summed E-state index contributed by atoms with van der Waals surface area (Å²) in [5.74, 6) is -0.948. The molecule has 0 aliphatic rings. The molecule has 0 rings (SSSR count). The van der Waals surface area contributed by atoms with E-state index in [2.05, 4.69) is 10.6 Å². The SMILES string of the molecule is CC(=O)NCC(NC(=O)OC(C)(C)C)C(=O)OC(C)(C)C. The Labute approximate surface area is 125 Å². The lowest BCUT2D eigenvalue weighted by atomic mass is 10.2. The Kier molecular flexibility index (Phi) is 6.66. The van der Waals surface area contributed by atoms with Gasteiger partial charge in [0.25, 0.3) is 0 Å². The number of esters is 1. The maximum Gasteiger partial charge on any atom is 0.408 e. The fraction of sp³-hybridized carbons (Fsp3) is 0.786. The van der Waals surface area contributed by atoms with Crippen LogP contribution in [0.25, 0.3) is 0 Å². The van der Waals surface area contributed by atoms with Crippen LogP contribution in [0.15, 0.2) is 0 Å². The zero-order chi connectivity index (χ0) is 16.8. The van der Waals surface area contributed by atoms with Gasteiger partial charge in [-0.2, -0.15) is 0 Å². The first kappa shape index (κ1) is 19.2. The second kappa shape index (κ2) is 7.28. The van der Waals surface area contributed by atoms with E-state index in [4.69, 9.17) is 9.47 Å². The van der Waals surface area contributed by atoms with E-state index in [0.717, 1.165) is 0 Å². The molecule has 7 heteroatoms. The molecule has 2 amide bonds. The Bertz CT molecular complexity index is 393. The fourth-order valence-electron chi connectivity index (χ4n) is 1.26. The summed E-state index contributed by atoms with van der Waals surface area (Å²) in [4.78, 5) is 34.7. The van der Waals surface area contributed by atoms with E-state index in [9.17, 15) is 14.4 Å². The zero-order valence-electron chi connectivity index (χ0n) is 13.8. The first-order valence-corrected chi connectivity index (χ1v) is 6.77. The normalized spacial score (nSPS) is 13.1. The lowest BCUT2D eigenvalue weighted by molar-refractivity contribution is -0.157. The molecule has 0 aromatic heterocycles. The minimum absolute atomic E-state index is 0.0660. The van der Waals surface area contributed by atoms with Crippen LogP contribution in [0.3, 0.4) is 0 Å². The molecule has 0 fully saturated rings. The van der Waals surface area contributed by atoms with Gasteiger partial charge >= 0.3 is 12.1 Å². The third-order valence-electron chi connectivity index (χ3n) is 1.94. The van der Waals surface area contributed by atoms with Gasteiger partial charge in [0.05, 0.1) is 0 Å². The minimum Gasteiger partial charge on any atom is -0.458 e. The lowest BCUT2D eigenvalue weighted by Crippen LogP contribution is -2.51. The highest BCUT2D eigenvalue weighted by molar-refractivity contribution is 5.83. The Balaban J connectivity index is 4.77. The van der Waals surface area contributed by atoms with Crippen LogP contribution in [0.1, 0.15) is 48.5 Å². The number of carbonyl (C=O) groups is 3. The van der Waals surface area contributed by atoms with Crippen molar-refractivity contribution in [2.45, 2.75) is 65.7 Å².